The Morgan fingerprint density at radius 2 is 1.62 bits per heavy atom. The Morgan fingerprint density at radius 3 is 2.10 bits per heavy atom. The van der Waals surface area contributed by atoms with E-state index in [1.807, 2.05) is 20.8 Å². The molecule has 0 radical (unpaired) electrons. The number of ether oxygens (including phenoxy) is 1. The zero-order chi connectivity index (χ0) is 15.9. The molecular weight excluding hydrogens is 270 g/mol. The summed E-state index contributed by atoms with van der Waals surface area (Å²) in [7, 11) is 0. The van der Waals surface area contributed by atoms with Crippen LogP contribution in [0, 0.1) is 0 Å². The third kappa shape index (κ3) is 7.34. The van der Waals surface area contributed by atoms with E-state index < -0.39 is 23.2 Å². The van der Waals surface area contributed by atoms with Crippen LogP contribution in [0.25, 0.3) is 0 Å². The highest BCUT2D eigenvalue weighted by atomic mass is 16.6. The maximum Gasteiger partial charge on any atom is 0.408 e. The van der Waals surface area contributed by atoms with Gasteiger partial charge in [0.1, 0.15) is 5.60 Å². The molecule has 1 amide bonds. The van der Waals surface area contributed by atoms with Crippen LogP contribution in [0.1, 0.15) is 78.6 Å². The molecule has 0 atom stereocenters. The second-order valence-corrected chi connectivity index (χ2v) is 7.07. The van der Waals surface area contributed by atoms with Gasteiger partial charge in [-0.15, -0.1) is 0 Å². The number of hydrogen-bond donors (Lipinski definition) is 2. The van der Waals surface area contributed by atoms with Crippen molar-refractivity contribution in [1.82, 2.24) is 5.32 Å². The van der Waals surface area contributed by atoms with Gasteiger partial charge in [-0.1, -0.05) is 32.1 Å². The topological polar surface area (TPSA) is 75.6 Å². The minimum absolute atomic E-state index is 0.0792. The van der Waals surface area contributed by atoms with Crippen LogP contribution in [0.5, 0.6) is 0 Å². The molecule has 1 aliphatic rings. The maximum atomic E-state index is 12.1. The monoisotopic (exact) mass is 299 g/mol. The number of nitrogens with one attached hydrogen (secondary N) is 1. The van der Waals surface area contributed by atoms with Crippen molar-refractivity contribution in [3.63, 3.8) is 0 Å². The van der Waals surface area contributed by atoms with Crippen molar-refractivity contribution >= 4 is 12.1 Å². The van der Waals surface area contributed by atoms with Crippen molar-refractivity contribution in [2.24, 2.45) is 0 Å². The minimum atomic E-state index is -0.817. The summed E-state index contributed by atoms with van der Waals surface area (Å²) in [6.45, 7) is 5.48. The fourth-order valence-electron chi connectivity index (χ4n) is 2.89. The van der Waals surface area contributed by atoms with E-state index in [4.69, 9.17) is 9.84 Å². The molecule has 0 spiro atoms. The third-order valence-corrected chi connectivity index (χ3v) is 3.89. The van der Waals surface area contributed by atoms with Crippen LogP contribution < -0.4 is 5.32 Å². The van der Waals surface area contributed by atoms with Gasteiger partial charge in [-0.2, -0.15) is 0 Å². The molecule has 122 valence electrons. The summed E-state index contributed by atoms with van der Waals surface area (Å²) in [4.78, 5) is 23.0. The standard InChI is InChI=1S/C16H29NO4/c1-15(2,3)21-14(20)17-16(12-9-13(18)19)10-7-5-4-6-8-11-16/h4-12H2,1-3H3,(H,17,20)(H,18,19). The predicted octanol–water partition coefficient (Wildman–Crippen LogP) is 3.86. The first-order valence-corrected chi connectivity index (χ1v) is 7.95. The summed E-state index contributed by atoms with van der Waals surface area (Å²) in [6.07, 6.45) is 7.34. The Kier molecular flexibility index (Phi) is 6.49. The van der Waals surface area contributed by atoms with Crippen molar-refractivity contribution in [2.45, 2.75) is 89.7 Å². The van der Waals surface area contributed by atoms with Crippen LogP contribution in [0.4, 0.5) is 4.79 Å². The van der Waals surface area contributed by atoms with Gasteiger partial charge in [0.2, 0.25) is 0 Å². The SMILES string of the molecule is CC(C)(C)OC(=O)NC1(CCC(=O)O)CCCCCCC1. The normalized spacial score (nSPS) is 19.2. The number of carbonyl (C=O) groups is 2. The average Bonchev–Trinajstić information content (AvgIpc) is 2.28. The summed E-state index contributed by atoms with van der Waals surface area (Å²) in [6, 6.07) is 0. The lowest BCUT2D eigenvalue weighted by atomic mass is 9.80. The molecule has 2 N–H and O–H groups in total. The van der Waals surface area contributed by atoms with Gasteiger partial charge in [-0.3, -0.25) is 4.79 Å². The number of alkyl carbamates (subject to hydrolysis) is 1. The Balaban J connectivity index is 2.73. The van der Waals surface area contributed by atoms with E-state index in [2.05, 4.69) is 5.32 Å². The number of carboxylic acid groups (broad SMARTS) is 1. The second kappa shape index (κ2) is 7.66. The molecule has 0 bridgehead atoms. The molecule has 0 aromatic carbocycles. The molecule has 1 aliphatic carbocycles. The van der Waals surface area contributed by atoms with Crippen LogP contribution in [-0.4, -0.2) is 28.3 Å². The quantitative estimate of drug-likeness (QED) is 0.826. The van der Waals surface area contributed by atoms with Crippen LogP contribution in [0.15, 0.2) is 0 Å². The highest BCUT2D eigenvalue weighted by Crippen LogP contribution is 2.30. The molecule has 0 unspecified atom stereocenters. The summed E-state index contributed by atoms with van der Waals surface area (Å²) in [5.41, 5.74) is -0.971. The zero-order valence-corrected chi connectivity index (χ0v) is 13.5. The fraction of sp³-hybridized carbons (Fsp3) is 0.875. The summed E-state index contributed by atoms with van der Waals surface area (Å²) in [5.74, 6) is -0.817. The highest BCUT2D eigenvalue weighted by Gasteiger charge is 2.33. The molecule has 0 aromatic heterocycles. The molecule has 0 aromatic rings. The smallest absolute Gasteiger partial charge is 0.408 e. The fourth-order valence-corrected chi connectivity index (χ4v) is 2.89. The first kappa shape index (κ1) is 17.8. The number of carboxylic acids is 1. The van der Waals surface area contributed by atoms with E-state index in [1.165, 1.54) is 6.42 Å². The van der Waals surface area contributed by atoms with Crippen LogP contribution >= 0.6 is 0 Å². The van der Waals surface area contributed by atoms with Crippen LogP contribution in [0.3, 0.4) is 0 Å². The van der Waals surface area contributed by atoms with Crippen molar-refractivity contribution in [3.8, 4) is 0 Å². The van der Waals surface area contributed by atoms with E-state index >= 15 is 0 Å². The van der Waals surface area contributed by atoms with Crippen molar-refractivity contribution in [1.29, 1.82) is 0 Å². The predicted molar refractivity (Wildman–Crippen MR) is 81.3 cm³/mol. The molecule has 1 rings (SSSR count). The van der Waals surface area contributed by atoms with Gasteiger partial charge in [-0.05, 0) is 40.0 Å². The highest BCUT2D eigenvalue weighted by molar-refractivity contribution is 5.69. The van der Waals surface area contributed by atoms with Gasteiger partial charge in [0.25, 0.3) is 0 Å². The van der Waals surface area contributed by atoms with Gasteiger partial charge in [-0.25, -0.2) is 4.79 Å². The molecule has 5 heteroatoms. The van der Waals surface area contributed by atoms with Gasteiger partial charge in [0.05, 0.1) is 0 Å². The second-order valence-electron chi connectivity index (χ2n) is 7.07. The number of amides is 1. The summed E-state index contributed by atoms with van der Waals surface area (Å²) in [5, 5.41) is 11.9. The van der Waals surface area contributed by atoms with E-state index in [-0.39, 0.29) is 6.42 Å². The Labute approximate surface area is 127 Å². The van der Waals surface area contributed by atoms with E-state index in [1.54, 1.807) is 0 Å². The molecule has 0 heterocycles. The molecule has 1 fully saturated rings. The average molecular weight is 299 g/mol. The molecule has 0 saturated heterocycles. The lowest BCUT2D eigenvalue weighted by Gasteiger charge is -2.36. The van der Waals surface area contributed by atoms with E-state index in [0.717, 1.165) is 38.5 Å². The first-order chi connectivity index (χ1) is 9.72. The number of carbonyl (C=O) groups excluding carboxylic acids is 1. The van der Waals surface area contributed by atoms with Gasteiger partial charge in [0, 0.05) is 12.0 Å². The minimum Gasteiger partial charge on any atom is -0.481 e. The van der Waals surface area contributed by atoms with Crippen LogP contribution in [0.2, 0.25) is 0 Å². The van der Waals surface area contributed by atoms with Crippen molar-refractivity contribution in [2.75, 3.05) is 0 Å². The lowest BCUT2D eigenvalue weighted by Crippen LogP contribution is -2.50. The first-order valence-electron chi connectivity index (χ1n) is 7.95. The van der Waals surface area contributed by atoms with Crippen molar-refractivity contribution in [3.05, 3.63) is 0 Å². The Hall–Kier alpha value is -1.26. The summed E-state index contributed by atoms with van der Waals surface area (Å²) >= 11 is 0. The Bertz CT molecular complexity index is 352. The third-order valence-electron chi connectivity index (χ3n) is 3.89. The number of rotatable bonds is 4. The van der Waals surface area contributed by atoms with E-state index in [9.17, 15) is 9.59 Å². The summed E-state index contributed by atoms with van der Waals surface area (Å²) < 4.78 is 5.35. The molecular formula is C16H29NO4. The molecule has 21 heavy (non-hydrogen) atoms. The van der Waals surface area contributed by atoms with E-state index in [0.29, 0.717) is 6.42 Å². The zero-order valence-electron chi connectivity index (χ0n) is 13.5. The molecule has 0 aliphatic heterocycles. The van der Waals surface area contributed by atoms with Crippen LogP contribution in [-0.2, 0) is 9.53 Å². The van der Waals surface area contributed by atoms with Gasteiger partial charge < -0.3 is 15.2 Å². The molecule has 5 nitrogen and oxygen atoms in total. The van der Waals surface area contributed by atoms with Crippen molar-refractivity contribution < 1.29 is 19.4 Å². The maximum absolute atomic E-state index is 12.1. The number of aliphatic carboxylic acids is 1. The lowest BCUT2D eigenvalue weighted by molar-refractivity contribution is -0.137. The van der Waals surface area contributed by atoms with Gasteiger partial charge >= 0.3 is 12.1 Å². The van der Waals surface area contributed by atoms with Gasteiger partial charge in [0.15, 0.2) is 0 Å². The number of hydrogen-bond acceptors (Lipinski definition) is 3. The molecule has 1 saturated carbocycles. The largest absolute Gasteiger partial charge is 0.481 e. The Morgan fingerprint density at radius 1 is 1.10 bits per heavy atom.